The van der Waals surface area contributed by atoms with Gasteiger partial charge in [-0.3, -0.25) is 14.4 Å². The molecule has 2 aromatic rings. The monoisotopic (exact) mass is 396 g/mol. The second-order valence-electron chi connectivity index (χ2n) is 7.01. The number of anilines is 1. The van der Waals surface area contributed by atoms with Gasteiger partial charge in [0.15, 0.2) is 6.10 Å². The highest BCUT2D eigenvalue weighted by molar-refractivity contribution is 6.34. The fourth-order valence-corrected chi connectivity index (χ4v) is 3.02. The van der Waals surface area contributed by atoms with Gasteiger partial charge in [0.1, 0.15) is 5.82 Å². The number of benzene rings is 2. The molecule has 148 valence electrons. The van der Waals surface area contributed by atoms with E-state index in [9.17, 15) is 23.6 Å². The van der Waals surface area contributed by atoms with Gasteiger partial charge in [-0.2, -0.15) is 0 Å². The van der Waals surface area contributed by atoms with Crippen LogP contribution in [0.25, 0.3) is 0 Å². The molecule has 1 saturated carbocycles. The number of nitrogens with zero attached hydrogens (tertiary/aromatic N) is 1. The predicted octanol–water partition coefficient (Wildman–Crippen LogP) is 2.45. The number of hydrogen-bond acceptors (Lipinski definition) is 5. The van der Waals surface area contributed by atoms with E-state index in [2.05, 4.69) is 5.32 Å². The molecule has 0 aromatic heterocycles. The third-order valence-corrected chi connectivity index (χ3v) is 4.78. The molecule has 2 aromatic carbocycles. The van der Waals surface area contributed by atoms with Gasteiger partial charge in [-0.05, 0) is 62.2 Å². The molecule has 0 spiro atoms. The second kappa shape index (κ2) is 7.12. The quantitative estimate of drug-likeness (QED) is 0.619. The van der Waals surface area contributed by atoms with Crippen LogP contribution < -0.4 is 10.2 Å². The number of carbonyl (C=O) groups excluding carboxylic acids is 4. The lowest BCUT2D eigenvalue weighted by molar-refractivity contribution is -0.129. The van der Waals surface area contributed by atoms with Gasteiger partial charge >= 0.3 is 5.97 Å². The summed E-state index contributed by atoms with van der Waals surface area (Å²) in [6.45, 7) is 1.47. The molecule has 0 bridgehead atoms. The van der Waals surface area contributed by atoms with E-state index in [4.69, 9.17) is 4.74 Å². The molecule has 4 rings (SSSR count). The Bertz CT molecular complexity index is 1030. The van der Waals surface area contributed by atoms with E-state index in [1.165, 1.54) is 37.3 Å². The summed E-state index contributed by atoms with van der Waals surface area (Å²) in [4.78, 5) is 50.6. The fraction of sp³-hybridized carbons (Fsp3) is 0.238. The molecular formula is C21H17FN2O5. The van der Waals surface area contributed by atoms with Crippen LogP contribution in [0.5, 0.6) is 0 Å². The maximum atomic E-state index is 13.1. The molecule has 1 unspecified atom stereocenters. The zero-order valence-corrected chi connectivity index (χ0v) is 15.5. The van der Waals surface area contributed by atoms with Crippen LogP contribution in [0.3, 0.4) is 0 Å². The SMILES string of the molecule is CC(OC(=O)c1ccc2c(c1)C(=O)N(c1ccc(F)cc1)C2=O)C(=O)NC1CC1. The van der Waals surface area contributed by atoms with E-state index in [0.29, 0.717) is 0 Å². The Hall–Kier alpha value is -3.55. The van der Waals surface area contributed by atoms with E-state index < -0.39 is 29.7 Å². The van der Waals surface area contributed by atoms with Crippen LogP contribution >= 0.6 is 0 Å². The summed E-state index contributed by atoms with van der Waals surface area (Å²) < 4.78 is 18.3. The van der Waals surface area contributed by atoms with Crippen LogP contribution in [0.15, 0.2) is 42.5 Å². The zero-order valence-electron chi connectivity index (χ0n) is 15.5. The van der Waals surface area contributed by atoms with Gasteiger partial charge in [0.05, 0.1) is 22.4 Å². The van der Waals surface area contributed by atoms with Crippen molar-refractivity contribution in [3.8, 4) is 0 Å². The maximum absolute atomic E-state index is 13.1. The largest absolute Gasteiger partial charge is 0.449 e. The molecular weight excluding hydrogens is 379 g/mol. The van der Waals surface area contributed by atoms with Crippen LogP contribution in [0.4, 0.5) is 10.1 Å². The molecule has 1 aliphatic carbocycles. The molecule has 1 heterocycles. The van der Waals surface area contributed by atoms with Crippen LogP contribution in [0, 0.1) is 5.82 Å². The van der Waals surface area contributed by atoms with Crippen molar-refractivity contribution in [1.29, 1.82) is 0 Å². The topological polar surface area (TPSA) is 92.8 Å². The molecule has 1 atom stereocenters. The molecule has 7 nitrogen and oxygen atoms in total. The van der Waals surface area contributed by atoms with E-state index in [1.54, 1.807) is 0 Å². The minimum absolute atomic E-state index is 0.0452. The van der Waals surface area contributed by atoms with Crippen LogP contribution in [0.2, 0.25) is 0 Å². The lowest BCUT2D eigenvalue weighted by Crippen LogP contribution is -2.37. The summed E-state index contributed by atoms with van der Waals surface area (Å²) in [5.41, 5.74) is 0.461. The number of fused-ring (bicyclic) bond motifs is 1. The summed E-state index contributed by atoms with van der Waals surface area (Å²) in [5.74, 6) is -2.82. The van der Waals surface area contributed by atoms with E-state index >= 15 is 0 Å². The highest BCUT2D eigenvalue weighted by Crippen LogP contribution is 2.29. The van der Waals surface area contributed by atoms with Gasteiger partial charge in [0.2, 0.25) is 0 Å². The number of hydrogen-bond donors (Lipinski definition) is 1. The van der Waals surface area contributed by atoms with Crippen molar-refractivity contribution in [2.75, 3.05) is 4.90 Å². The summed E-state index contributed by atoms with van der Waals surface area (Å²) in [6, 6.07) is 9.10. The first kappa shape index (κ1) is 18.8. The van der Waals surface area contributed by atoms with E-state index in [0.717, 1.165) is 29.9 Å². The standard InChI is InChI=1S/C21H17FN2O5/c1-11(18(25)23-14-5-6-14)29-21(28)12-2-9-16-17(10-12)20(27)24(19(16)26)15-7-3-13(22)4-8-15/h2-4,7-11,14H,5-6H2,1H3,(H,23,25). The Kier molecular flexibility index (Phi) is 4.62. The van der Waals surface area contributed by atoms with Gasteiger partial charge in [-0.15, -0.1) is 0 Å². The van der Waals surface area contributed by atoms with Gasteiger partial charge in [-0.25, -0.2) is 14.1 Å². The van der Waals surface area contributed by atoms with Gasteiger partial charge in [0, 0.05) is 6.04 Å². The number of ether oxygens (including phenoxy) is 1. The Balaban J connectivity index is 1.53. The molecule has 8 heteroatoms. The lowest BCUT2D eigenvalue weighted by atomic mass is 10.1. The number of rotatable bonds is 5. The lowest BCUT2D eigenvalue weighted by Gasteiger charge is -2.13. The third-order valence-electron chi connectivity index (χ3n) is 4.78. The highest BCUT2D eigenvalue weighted by Gasteiger charge is 2.37. The van der Waals surface area contributed by atoms with Crippen LogP contribution in [-0.4, -0.2) is 35.8 Å². The van der Waals surface area contributed by atoms with Crippen molar-refractivity contribution in [3.63, 3.8) is 0 Å². The minimum Gasteiger partial charge on any atom is -0.449 e. The van der Waals surface area contributed by atoms with Gasteiger partial charge in [-0.1, -0.05) is 0 Å². The molecule has 0 radical (unpaired) electrons. The second-order valence-corrected chi connectivity index (χ2v) is 7.01. The Morgan fingerprint density at radius 1 is 1.07 bits per heavy atom. The fourth-order valence-electron chi connectivity index (χ4n) is 3.02. The van der Waals surface area contributed by atoms with Gasteiger partial charge < -0.3 is 10.1 Å². The number of carbonyl (C=O) groups is 4. The molecule has 29 heavy (non-hydrogen) atoms. The molecule has 0 saturated heterocycles. The molecule has 1 fully saturated rings. The molecule has 2 aliphatic rings. The number of halogens is 1. The summed E-state index contributed by atoms with van der Waals surface area (Å²) in [6.07, 6.45) is 0.847. The highest BCUT2D eigenvalue weighted by atomic mass is 19.1. The summed E-state index contributed by atoms with van der Waals surface area (Å²) in [5, 5.41) is 2.74. The first-order valence-electron chi connectivity index (χ1n) is 9.15. The predicted molar refractivity (Wildman–Crippen MR) is 100 cm³/mol. The molecule has 1 N–H and O–H groups in total. The average Bonchev–Trinajstić information content (AvgIpc) is 3.48. The van der Waals surface area contributed by atoms with Crippen molar-refractivity contribution < 1.29 is 28.3 Å². The number of imide groups is 1. The van der Waals surface area contributed by atoms with E-state index in [-0.39, 0.29) is 34.3 Å². The zero-order chi connectivity index (χ0) is 20.7. The molecule has 1 aliphatic heterocycles. The first-order valence-corrected chi connectivity index (χ1v) is 9.15. The Labute approximate surface area is 165 Å². The number of nitrogens with one attached hydrogen (secondary N) is 1. The van der Waals surface area contributed by atoms with Crippen molar-refractivity contribution in [1.82, 2.24) is 5.32 Å². The Morgan fingerprint density at radius 2 is 1.72 bits per heavy atom. The first-order chi connectivity index (χ1) is 13.8. The van der Waals surface area contributed by atoms with Crippen LogP contribution in [-0.2, 0) is 9.53 Å². The summed E-state index contributed by atoms with van der Waals surface area (Å²) >= 11 is 0. The summed E-state index contributed by atoms with van der Waals surface area (Å²) in [7, 11) is 0. The van der Waals surface area contributed by atoms with Crippen molar-refractivity contribution in [2.24, 2.45) is 0 Å². The minimum atomic E-state index is -0.982. The molecule has 3 amide bonds. The smallest absolute Gasteiger partial charge is 0.338 e. The van der Waals surface area contributed by atoms with Crippen LogP contribution in [0.1, 0.15) is 50.8 Å². The van der Waals surface area contributed by atoms with Crippen molar-refractivity contribution >= 4 is 29.4 Å². The van der Waals surface area contributed by atoms with Gasteiger partial charge in [0.25, 0.3) is 17.7 Å². The maximum Gasteiger partial charge on any atom is 0.338 e. The normalized spacial score (nSPS) is 16.4. The van der Waals surface area contributed by atoms with E-state index in [1.807, 2.05) is 0 Å². The third kappa shape index (κ3) is 3.61. The average molecular weight is 396 g/mol. The number of esters is 1. The van der Waals surface area contributed by atoms with Crippen molar-refractivity contribution in [3.05, 3.63) is 65.0 Å². The number of amides is 3. The Morgan fingerprint density at radius 3 is 2.38 bits per heavy atom. The van der Waals surface area contributed by atoms with Crippen molar-refractivity contribution in [2.45, 2.75) is 31.9 Å².